The van der Waals surface area contributed by atoms with Crippen molar-refractivity contribution in [2.75, 3.05) is 19.6 Å². The van der Waals surface area contributed by atoms with Gasteiger partial charge in [-0.2, -0.15) is 0 Å². The van der Waals surface area contributed by atoms with Gasteiger partial charge in [-0.1, -0.05) is 114 Å². The molecule has 9 amide bonds. The standard InChI is InChI=1S/C58H82N10O14/c1-34(2)28-43(66-56(80)50(36(5)6)68-46(71)32-60-31-38-16-10-8-11-17-38)55(79)63-41(20-14-15-27-61-45(70)30-58(7,57(81)82)39-18-12-9-13-19-39)53(77)64-42(25-26-48(73)74)54(78)65-44(29-37-21-23-40(69)24-22-37)52(76)62-33-47(72)67-49(35(3)4)51(59)75/h8-13,16-19,21-24,34-36,41-44,49-50,60,69H,14-15,20,25-33H2,1-7H3,(H2,59,75)(H,61,70)(H,62,76)(H,63,79)(H,64,77)(H,65,78)(H,66,80)(H,67,72)(H,68,71)(H,73,74)(H,81,82)/t41-,42-,43-,44-,49-,50-,58?/m0/s1. The zero-order chi connectivity index (χ0) is 61.1. The number of amides is 9. The zero-order valence-corrected chi connectivity index (χ0v) is 47.7. The van der Waals surface area contributed by atoms with E-state index >= 15 is 0 Å². The maximum Gasteiger partial charge on any atom is 0.314 e. The van der Waals surface area contributed by atoms with Crippen molar-refractivity contribution in [2.45, 2.75) is 148 Å². The van der Waals surface area contributed by atoms with Crippen molar-refractivity contribution in [1.82, 2.24) is 47.9 Å². The lowest BCUT2D eigenvalue weighted by atomic mass is 9.79. The summed E-state index contributed by atoms with van der Waals surface area (Å²) in [5.41, 5.74) is 5.65. The number of hydrogen-bond acceptors (Lipinski definition) is 13. The number of aromatic hydroxyl groups is 1. The van der Waals surface area contributed by atoms with Crippen molar-refractivity contribution in [3.63, 3.8) is 0 Å². The molecule has 0 fully saturated rings. The number of phenolic OH excluding ortho intramolecular Hbond substituents is 1. The Balaban J connectivity index is 1.92. The molecule has 0 heterocycles. The van der Waals surface area contributed by atoms with Gasteiger partial charge in [0.15, 0.2) is 0 Å². The van der Waals surface area contributed by atoms with Crippen LogP contribution in [0.5, 0.6) is 5.75 Å². The minimum absolute atomic E-state index is 0.0148. The largest absolute Gasteiger partial charge is 0.508 e. The predicted molar refractivity (Wildman–Crippen MR) is 303 cm³/mol. The van der Waals surface area contributed by atoms with Crippen molar-refractivity contribution >= 4 is 65.1 Å². The van der Waals surface area contributed by atoms with E-state index in [1.807, 2.05) is 30.3 Å². The minimum Gasteiger partial charge on any atom is -0.508 e. The van der Waals surface area contributed by atoms with E-state index in [2.05, 4.69) is 47.9 Å². The van der Waals surface area contributed by atoms with Gasteiger partial charge in [0, 0.05) is 32.4 Å². The van der Waals surface area contributed by atoms with Crippen LogP contribution in [-0.2, 0) is 71.1 Å². The molecular weight excluding hydrogens is 1060 g/mol. The number of carbonyl (C=O) groups is 11. The first-order valence-electron chi connectivity index (χ1n) is 27.4. The summed E-state index contributed by atoms with van der Waals surface area (Å²) in [6.07, 6.45) is -1.58. The number of rotatable bonds is 36. The van der Waals surface area contributed by atoms with Gasteiger partial charge < -0.3 is 68.9 Å². The summed E-state index contributed by atoms with van der Waals surface area (Å²) in [6.45, 7) is 11.4. The smallest absolute Gasteiger partial charge is 0.314 e. The maximum atomic E-state index is 14.5. The molecule has 0 aliphatic heterocycles. The molecule has 0 bridgehead atoms. The monoisotopic (exact) mass is 1140 g/mol. The Bertz CT molecular complexity index is 2640. The minimum atomic E-state index is -1.67. The fraction of sp³-hybridized carbons (Fsp3) is 0.500. The molecule has 3 aromatic rings. The van der Waals surface area contributed by atoms with Crippen LogP contribution in [0.25, 0.3) is 0 Å². The van der Waals surface area contributed by atoms with Crippen LogP contribution >= 0.6 is 0 Å². The van der Waals surface area contributed by atoms with Crippen LogP contribution in [0.15, 0.2) is 84.9 Å². The molecule has 7 atom stereocenters. The van der Waals surface area contributed by atoms with Gasteiger partial charge >= 0.3 is 11.9 Å². The van der Waals surface area contributed by atoms with Gasteiger partial charge in [0.05, 0.1) is 18.5 Å². The number of carboxylic acid groups (broad SMARTS) is 2. The summed E-state index contributed by atoms with van der Waals surface area (Å²) in [5.74, 6) is -10.8. The van der Waals surface area contributed by atoms with Gasteiger partial charge in [0.2, 0.25) is 53.2 Å². The molecule has 3 aromatic carbocycles. The summed E-state index contributed by atoms with van der Waals surface area (Å²) in [6, 6.07) is 15.2. The maximum absolute atomic E-state index is 14.5. The van der Waals surface area contributed by atoms with Gasteiger partial charge in [-0.25, -0.2) is 0 Å². The first-order valence-corrected chi connectivity index (χ1v) is 27.4. The number of primary amides is 1. The number of benzene rings is 3. The van der Waals surface area contributed by atoms with Gasteiger partial charge in [-0.05, 0) is 85.6 Å². The lowest BCUT2D eigenvalue weighted by Gasteiger charge is -2.28. The van der Waals surface area contributed by atoms with Crippen LogP contribution in [0.2, 0.25) is 0 Å². The highest BCUT2D eigenvalue weighted by atomic mass is 16.4. The molecule has 0 aliphatic carbocycles. The fourth-order valence-corrected chi connectivity index (χ4v) is 8.61. The number of nitrogens with one attached hydrogen (secondary N) is 9. The molecule has 82 heavy (non-hydrogen) atoms. The van der Waals surface area contributed by atoms with Crippen molar-refractivity contribution in [1.29, 1.82) is 0 Å². The second-order valence-corrected chi connectivity index (χ2v) is 21.5. The van der Waals surface area contributed by atoms with Crippen LogP contribution in [0.3, 0.4) is 0 Å². The number of unbranched alkanes of at least 4 members (excludes halogenated alkanes) is 1. The van der Waals surface area contributed by atoms with E-state index < -0.39 is 144 Å². The number of phenols is 1. The van der Waals surface area contributed by atoms with E-state index in [-0.39, 0.29) is 56.9 Å². The number of aliphatic carboxylic acids is 2. The Morgan fingerprint density at radius 1 is 0.537 bits per heavy atom. The normalized spacial score (nSPS) is 14.1. The third-order valence-corrected chi connectivity index (χ3v) is 13.3. The molecule has 0 radical (unpaired) electrons. The molecule has 24 nitrogen and oxygen atoms in total. The summed E-state index contributed by atoms with van der Waals surface area (Å²) in [4.78, 5) is 146. The van der Waals surface area contributed by atoms with Gasteiger partial charge in [-0.15, -0.1) is 0 Å². The van der Waals surface area contributed by atoms with Crippen LogP contribution < -0.4 is 53.6 Å². The molecule has 24 heteroatoms. The topological polar surface area (TPSA) is 383 Å². The average molecular weight is 1140 g/mol. The Morgan fingerprint density at radius 2 is 1.06 bits per heavy atom. The Morgan fingerprint density at radius 3 is 1.61 bits per heavy atom. The Labute approximate surface area is 478 Å². The van der Waals surface area contributed by atoms with Crippen molar-refractivity contribution in [3.05, 3.63) is 102 Å². The lowest BCUT2D eigenvalue weighted by molar-refractivity contribution is -0.145. The Kier molecular flexibility index (Phi) is 28.1. The van der Waals surface area contributed by atoms with Gasteiger partial charge in [-0.3, -0.25) is 52.7 Å². The predicted octanol–water partition coefficient (Wildman–Crippen LogP) is 1.18. The quantitative estimate of drug-likeness (QED) is 0.0364. The van der Waals surface area contributed by atoms with E-state index in [0.29, 0.717) is 17.7 Å². The highest BCUT2D eigenvalue weighted by molar-refractivity contribution is 5.97. The van der Waals surface area contributed by atoms with E-state index in [0.717, 1.165) is 5.56 Å². The highest BCUT2D eigenvalue weighted by Crippen LogP contribution is 2.28. The summed E-state index contributed by atoms with van der Waals surface area (Å²) in [5, 5.41) is 53.6. The first-order chi connectivity index (χ1) is 38.7. The lowest BCUT2D eigenvalue weighted by Crippen LogP contribution is -2.60. The third kappa shape index (κ3) is 23.7. The van der Waals surface area contributed by atoms with Crippen molar-refractivity contribution in [2.24, 2.45) is 23.5 Å². The molecule has 448 valence electrons. The van der Waals surface area contributed by atoms with E-state index in [1.54, 1.807) is 71.9 Å². The third-order valence-electron chi connectivity index (χ3n) is 13.3. The zero-order valence-electron chi connectivity index (χ0n) is 47.7. The molecule has 0 spiro atoms. The van der Waals surface area contributed by atoms with Crippen LogP contribution in [0.1, 0.15) is 110 Å². The van der Waals surface area contributed by atoms with Crippen LogP contribution in [0, 0.1) is 17.8 Å². The van der Waals surface area contributed by atoms with Crippen LogP contribution in [-0.4, -0.2) is 136 Å². The van der Waals surface area contributed by atoms with E-state index in [4.69, 9.17) is 5.73 Å². The van der Waals surface area contributed by atoms with Crippen molar-refractivity contribution < 1.29 is 68.1 Å². The molecule has 0 aromatic heterocycles. The molecule has 0 saturated carbocycles. The first kappa shape index (κ1) is 67.9. The molecular formula is C58H82N10O14. The number of carboxylic acids is 2. The molecule has 14 N–H and O–H groups in total. The highest BCUT2D eigenvalue weighted by Gasteiger charge is 2.38. The number of hydrogen-bond donors (Lipinski definition) is 13. The van der Waals surface area contributed by atoms with E-state index in [9.17, 15) is 68.1 Å². The summed E-state index contributed by atoms with van der Waals surface area (Å²) in [7, 11) is 0. The molecule has 3 rings (SSSR count). The molecule has 0 saturated heterocycles. The summed E-state index contributed by atoms with van der Waals surface area (Å²) < 4.78 is 0. The number of nitrogens with two attached hydrogens (primary N) is 1. The van der Waals surface area contributed by atoms with Crippen molar-refractivity contribution in [3.8, 4) is 5.75 Å². The van der Waals surface area contributed by atoms with E-state index in [1.165, 1.54) is 31.2 Å². The fourth-order valence-electron chi connectivity index (χ4n) is 8.61. The van der Waals surface area contributed by atoms with Gasteiger partial charge in [0.1, 0.15) is 42.0 Å². The second kappa shape index (κ2) is 34.0. The number of carbonyl (C=O) groups excluding carboxylic acids is 9. The van der Waals surface area contributed by atoms with Gasteiger partial charge in [0.25, 0.3) is 0 Å². The molecule has 0 aliphatic rings. The summed E-state index contributed by atoms with van der Waals surface area (Å²) >= 11 is 0. The average Bonchev–Trinajstić information content (AvgIpc) is 3.56. The molecule has 1 unspecified atom stereocenters. The SMILES string of the molecule is CC(C)C[C@H](NC(=O)[C@@H](NC(=O)CNCc1ccccc1)C(C)C)C(=O)N[C@@H](CCCCNC(=O)CC(C)(C(=O)O)c1ccccc1)C(=O)N[C@@H](CCC(=O)O)C(=O)N[C@@H](Cc1ccc(O)cc1)C(=O)NCC(=O)N[C@H](C(N)=O)C(C)C. The second-order valence-electron chi connectivity index (χ2n) is 21.5. The Hall–Kier alpha value is -8.41. The van der Waals surface area contributed by atoms with Crippen LogP contribution in [0.4, 0.5) is 0 Å².